The summed E-state index contributed by atoms with van der Waals surface area (Å²) < 4.78 is 5.33. The van der Waals surface area contributed by atoms with Gasteiger partial charge in [0, 0.05) is 19.1 Å². The lowest BCUT2D eigenvalue weighted by Crippen LogP contribution is -2.30. The third-order valence-corrected chi connectivity index (χ3v) is 2.52. The molecule has 1 atom stereocenters. The highest BCUT2D eigenvalue weighted by atomic mass is 16.5. The van der Waals surface area contributed by atoms with E-state index >= 15 is 0 Å². The van der Waals surface area contributed by atoms with Crippen LogP contribution in [-0.2, 0) is 6.54 Å². The van der Waals surface area contributed by atoms with E-state index in [1.165, 1.54) is 16.7 Å². The van der Waals surface area contributed by atoms with Crippen LogP contribution in [0.25, 0.3) is 0 Å². The Morgan fingerprint density at radius 2 is 1.88 bits per heavy atom. The van der Waals surface area contributed by atoms with Crippen LogP contribution in [0.4, 0.5) is 0 Å². The molecule has 0 aliphatic carbocycles. The van der Waals surface area contributed by atoms with Gasteiger partial charge in [-0.05, 0) is 37.5 Å². The van der Waals surface area contributed by atoms with Gasteiger partial charge < -0.3 is 15.8 Å². The number of nitrogens with two attached hydrogens (primary N) is 1. The van der Waals surface area contributed by atoms with Gasteiger partial charge in [0.25, 0.3) is 0 Å². The maximum atomic E-state index is 5.68. The molecule has 1 unspecified atom stereocenters. The molecule has 1 aromatic rings. The Labute approximate surface area is 98.0 Å². The van der Waals surface area contributed by atoms with E-state index in [0.717, 1.165) is 18.8 Å². The molecular formula is C13H22N2O. The predicted octanol–water partition coefficient (Wildman–Crippen LogP) is 1.75. The first-order chi connectivity index (χ1) is 7.54. The Morgan fingerprint density at radius 1 is 1.31 bits per heavy atom. The Kier molecular flexibility index (Phi) is 4.77. The van der Waals surface area contributed by atoms with Crippen molar-refractivity contribution in [3.8, 4) is 5.75 Å². The van der Waals surface area contributed by atoms with Crippen LogP contribution in [-0.4, -0.2) is 19.7 Å². The van der Waals surface area contributed by atoms with Gasteiger partial charge in [-0.1, -0.05) is 12.1 Å². The van der Waals surface area contributed by atoms with Crippen molar-refractivity contribution in [1.82, 2.24) is 5.32 Å². The van der Waals surface area contributed by atoms with Crippen LogP contribution in [0.3, 0.4) is 0 Å². The molecule has 16 heavy (non-hydrogen) atoms. The molecule has 1 aromatic carbocycles. The first kappa shape index (κ1) is 13.0. The largest absolute Gasteiger partial charge is 0.496 e. The van der Waals surface area contributed by atoms with Gasteiger partial charge in [0.15, 0.2) is 0 Å². The maximum Gasteiger partial charge on any atom is 0.124 e. The van der Waals surface area contributed by atoms with Crippen molar-refractivity contribution in [2.24, 2.45) is 5.73 Å². The van der Waals surface area contributed by atoms with E-state index in [-0.39, 0.29) is 6.04 Å². The number of methoxy groups -OCH3 is 1. The van der Waals surface area contributed by atoms with Crippen molar-refractivity contribution in [2.75, 3.05) is 13.7 Å². The molecule has 0 spiro atoms. The minimum atomic E-state index is 0.195. The summed E-state index contributed by atoms with van der Waals surface area (Å²) in [4.78, 5) is 0. The van der Waals surface area contributed by atoms with E-state index in [1.807, 2.05) is 6.92 Å². The molecule has 3 heteroatoms. The van der Waals surface area contributed by atoms with E-state index in [4.69, 9.17) is 10.5 Å². The monoisotopic (exact) mass is 222 g/mol. The van der Waals surface area contributed by atoms with Crippen molar-refractivity contribution >= 4 is 0 Å². The van der Waals surface area contributed by atoms with Gasteiger partial charge in [0.1, 0.15) is 5.75 Å². The van der Waals surface area contributed by atoms with E-state index in [0.29, 0.717) is 0 Å². The number of benzene rings is 1. The molecule has 0 aromatic heterocycles. The van der Waals surface area contributed by atoms with Gasteiger partial charge in [0.05, 0.1) is 7.11 Å². The highest BCUT2D eigenvalue weighted by Gasteiger charge is 2.05. The average Bonchev–Trinajstić information content (AvgIpc) is 2.16. The Morgan fingerprint density at radius 3 is 2.31 bits per heavy atom. The van der Waals surface area contributed by atoms with Crippen molar-refractivity contribution in [3.05, 3.63) is 28.8 Å². The van der Waals surface area contributed by atoms with Gasteiger partial charge in [-0.3, -0.25) is 0 Å². The Balaban J connectivity index is 2.68. The first-order valence-electron chi connectivity index (χ1n) is 5.65. The maximum absolute atomic E-state index is 5.68. The van der Waals surface area contributed by atoms with Crippen LogP contribution in [0.15, 0.2) is 12.1 Å². The molecule has 0 saturated heterocycles. The lowest BCUT2D eigenvalue weighted by Gasteiger charge is -2.12. The van der Waals surface area contributed by atoms with Crippen LogP contribution in [0, 0.1) is 13.8 Å². The van der Waals surface area contributed by atoms with Crippen LogP contribution in [0.1, 0.15) is 23.6 Å². The minimum absolute atomic E-state index is 0.195. The quantitative estimate of drug-likeness (QED) is 0.798. The van der Waals surface area contributed by atoms with Gasteiger partial charge in [-0.15, -0.1) is 0 Å². The lowest BCUT2D eigenvalue weighted by molar-refractivity contribution is 0.408. The van der Waals surface area contributed by atoms with E-state index in [2.05, 4.69) is 31.3 Å². The highest BCUT2D eigenvalue weighted by Crippen LogP contribution is 2.24. The molecule has 3 N–H and O–H groups in total. The smallest absolute Gasteiger partial charge is 0.124 e. The zero-order valence-corrected chi connectivity index (χ0v) is 10.6. The molecule has 0 amide bonds. The fraction of sp³-hybridized carbons (Fsp3) is 0.538. The van der Waals surface area contributed by atoms with Crippen molar-refractivity contribution in [1.29, 1.82) is 0 Å². The van der Waals surface area contributed by atoms with Crippen LogP contribution in [0.2, 0.25) is 0 Å². The minimum Gasteiger partial charge on any atom is -0.496 e. The number of rotatable bonds is 5. The zero-order valence-electron chi connectivity index (χ0n) is 10.6. The summed E-state index contributed by atoms with van der Waals surface area (Å²) in [6, 6.07) is 4.50. The molecule has 0 heterocycles. The van der Waals surface area contributed by atoms with Gasteiger partial charge >= 0.3 is 0 Å². The summed E-state index contributed by atoms with van der Waals surface area (Å²) in [5.74, 6) is 0.982. The zero-order chi connectivity index (χ0) is 12.1. The van der Waals surface area contributed by atoms with E-state index in [1.54, 1.807) is 7.11 Å². The topological polar surface area (TPSA) is 47.3 Å². The summed E-state index contributed by atoms with van der Waals surface area (Å²) in [5.41, 5.74) is 9.32. The number of aryl methyl sites for hydroxylation is 2. The van der Waals surface area contributed by atoms with E-state index < -0.39 is 0 Å². The summed E-state index contributed by atoms with van der Waals surface area (Å²) >= 11 is 0. The average molecular weight is 222 g/mol. The van der Waals surface area contributed by atoms with E-state index in [9.17, 15) is 0 Å². The molecule has 0 fully saturated rings. The van der Waals surface area contributed by atoms with Crippen molar-refractivity contribution in [2.45, 2.75) is 33.4 Å². The molecule has 0 bridgehead atoms. The van der Waals surface area contributed by atoms with Crippen LogP contribution in [0.5, 0.6) is 5.75 Å². The molecule has 0 aliphatic heterocycles. The molecule has 3 nitrogen and oxygen atoms in total. The molecular weight excluding hydrogens is 200 g/mol. The third-order valence-electron chi connectivity index (χ3n) is 2.52. The third kappa shape index (κ3) is 3.51. The Hall–Kier alpha value is -1.06. The second-order valence-electron chi connectivity index (χ2n) is 4.37. The molecule has 0 radical (unpaired) electrons. The summed E-state index contributed by atoms with van der Waals surface area (Å²) in [7, 11) is 1.71. The summed E-state index contributed by atoms with van der Waals surface area (Å²) in [6.07, 6.45) is 0. The van der Waals surface area contributed by atoms with Gasteiger partial charge in [0.2, 0.25) is 0 Å². The molecule has 1 rings (SSSR count). The van der Waals surface area contributed by atoms with Crippen molar-refractivity contribution < 1.29 is 4.74 Å². The number of hydrogen-bond donors (Lipinski definition) is 2. The number of nitrogens with one attached hydrogen (secondary N) is 1. The number of ether oxygens (including phenoxy) is 1. The van der Waals surface area contributed by atoms with Crippen LogP contribution >= 0.6 is 0 Å². The van der Waals surface area contributed by atoms with Crippen molar-refractivity contribution in [3.63, 3.8) is 0 Å². The lowest BCUT2D eigenvalue weighted by atomic mass is 10.1. The molecule has 0 saturated carbocycles. The second-order valence-corrected chi connectivity index (χ2v) is 4.37. The fourth-order valence-electron chi connectivity index (χ4n) is 1.91. The molecule has 0 aliphatic rings. The number of hydrogen-bond acceptors (Lipinski definition) is 3. The normalized spacial score (nSPS) is 12.6. The SMILES string of the molecule is COc1c(C)cc(CNCC(C)N)cc1C. The van der Waals surface area contributed by atoms with Gasteiger partial charge in [-0.2, -0.15) is 0 Å². The van der Waals surface area contributed by atoms with Gasteiger partial charge in [-0.25, -0.2) is 0 Å². The summed E-state index contributed by atoms with van der Waals surface area (Å²) in [6.45, 7) is 7.83. The highest BCUT2D eigenvalue weighted by molar-refractivity contribution is 5.43. The molecule has 90 valence electrons. The Bertz CT molecular complexity index is 325. The fourth-order valence-corrected chi connectivity index (χ4v) is 1.91. The second kappa shape index (κ2) is 5.87. The summed E-state index contributed by atoms with van der Waals surface area (Å²) in [5, 5.41) is 3.33. The standard InChI is InChI=1S/C13H22N2O/c1-9-5-12(8-15-7-11(3)14)6-10(2)13(9)16-4/h5-6,11,15H,7-8,14H2,1-4H3. The van der Waals surface area contributed by atoms with Crippen LogP contribution < -0.4 is 15.8 Å². The predicted molar refractivity (Wildman–Crippen MR) is 67.8 cm³/mol. The first-order valence-corrected chi connectivity index (χ1v) is 5.65.